The Hall–Kier alpha value is -1.48. The van der Waals surface area contributed by atoms with Gasteiger partial charge in [-0.25, -0.2) is 0 Å². The number of hydrogen-bond acceptors (Lipinski definition) is 2. The molecule has 18 heavy (non-hydrogen) atoms. The van der Waals surface area contributed by atoms with Crippen molar-refractivity contribution < 1.29 is 0 Å². The van der Waals surface area contributed by atoms with Crippen molar-refractivity contribution in [2.75, 3.05) is 25.0 Å². The van der Waals surface area contributed by atoms with E-state index in [9.17, 15) is 0 Å². The van der Waals surface area contributed by atoms with Crippen LogP contribution in [0.4, 0.5) is 5.82 Å². The highest BCUT2D eigenvalue weighted by Gasteiger charge is 2.27. The summed E-state index contributed by atoms with van der Waals surface area (Å²) >= 11 is 0. The lowest BCUT2D eigenvalue weighted by Gasteiger charge is -2.42. The topological polar surface area (TPSA) is 22.3 Å². The standard InChI is InChI=1S/C15H21N3/c1-11-9-18(10-12(2)17(11)3)15-8-13-6-4-5-7-14(13)16-15/h4-8,11-12,16H,9-10H2,1-3H3. The number of anilines is 1. The second kappa shape index (κ2) is 4.32. The molecule has 1 N–H and O–H groups in total. The summed E-state index contributed by atoms with van der Waals surface area (Å²) in [6.45, 7) is 6.78. The Morgan fingerprint density at radius 3 is 2.44 bits per heavy atom. The van der Waals surface area contributed by atoms with E-state index < -0.39 is 0 Å². The SMILES string of the molecule is CC1CN(c2cc3ccccc3[nH]2)CC(C)N1C. The highest BCUT2D eigenvalue weighted by molar-refractivity contribution is 5.84. The minimum absolute atomic E-state index is 0.597. The van der Waals surface area contributed by atoms with E-state index in [0.717, 1.165) is 13.1 Å². The smallest absolute Gasteiger partial charge is 0.107 e. The quantitative estimate of drug-likeness (QED) is 0.832. The van der Waals surface area contributed by atoms with Crippen LogP contribution < -0.4 is 4.90 Å². The summed E-state index contributed by atoms with van der Waals surface area (Å²) in [6, 6.07) is 11.9. The summed E-state index contributed by atoms with van der Waals surface area (Å²) in [5.41, 5.74) is 1.23. The molecule has 3 rings (SSSR count). The molecule has 2 atom stereocenters. The Morgan fingerprint density at radius 1 is 1.11 bits per heavy atom. The van der Waals surface area contributed by atoms with E-state index in [4.69, 9.17) is 0 Å². The van der Waals surface area contributed by atoms with Crippen molar-refractivity contribution in [3.8, 4) is 0 Å². The Kier molecular flexibility index (Phi) is 2.78. The van der Waals surface area contributed by atoms with Crippen molar-refractivity contribution in [2.24, 2.45) is 0 Å². The molecule has 1 aliphatic rings. The first-order chi connectivity index (χ1) is 8.65. The first-order valence-corrected chi connectivity index (χ1v) is 6.70. The predicted molar refractivity (Wildman–Crippen MR) is 77.2 cm³/mol. The summed E-state index contributed by atoms with van der Waals surface area (Å²) < 4.78 is 0. The van der Waals surface area contributed by atoms with E-state index in [1.165, 1.54) is 16.7 Å². The molecule has 96 valence electrons. The van der Waals surface area contributed by atoms with Crippen LogP contribution in [0, 0.1) is 0 Å². The van der Waals surface area contributed by atoms with Crippen LogP contribution in [-0.2, 0) is 0 Å². The number of aromatic nitrogens is 1. The fourth-order valence-corrected chi connectivity index (χ4v) is 2.83. The van der Waals surface area contributed by atoms with E-state index in [0.29, 0.717) is 12.1 Å². The number of aromatic amines is 1. The number of H-pyrrole nitrogens is 1. The number of nitrogens with one attached hydrogen (secondary N) is 1. The zero-order valence-electron chi connectivity index (χ0n) is 11.4. The van der Waals surface area contributed by atoms with Crippen molar-refractivity contribution in [1.82, 2.24) is 9.88 Å². The van der Waals surface area contributed by atoms with Gasteiger partial charge in [0.15, 0.2) is 0 Å². The van der Waals surface area contributed by atoms with Gasteiger partial charge in [0.1, 0.15) is 5.82 Å². The van der Waals surface area contributed by atoms with Crippen molar-refractivity contribution in [3.05, 3.63) is 30.3 Å². The fourth-order valence-electron chi connectivity index (χ4n) is 2.83. The number of piperazine rings is 1. The van der Waals surface area contributed by atoms with Gasteiger partial charge in [-0.2, -0.15) is 0 Å². The van der Waals surface area contributed by atoms with Crippen LogP contribution in [0.25, 0.3) is 10.9 Å². The van der Waals surface area contributed by atoms with Crippen LogP contribution in [0.15, 0.2) is 30.3 Å². The van der Waals surface area contributed by atoms with Gasteiger partial charge in [-0.15, -0.1) is 0 Å². The van der Waals surface area contributed by atoms with E-state index >= 15 is 0 Å². The lowest BCUT2D eigenvalue weighted by atomic mass is 10.1. The van der Waals surface area contributed by atoms with Crippen molar-refractivity contribution >= 4 is 16.7 Å². The number of rotatable bonds is 1. The summed E-state index contributed by atoms with van der Waals surface area (Å²) in [5, 5.41) is 1.30. The third-order valence-corrected chi connectivity index (χ3v) is 4.22. The van der Waals surface area contributed by atoms with Gasteiger partial charge in [-0.1, -0.05) is 18.2 Å². The molecule has 3 nitrogen and oxygen atoms in total. The summed E-state index contributed by atoms with van der Waals surface area (Å²) in [5.74, 6) is 1.25. The van der Waals surface area contributed by atoms with Gasteiger partial charge in [0.2, 0.25) is 0 Å². The minimum atomic E-state index is 0.597. The second-order valence-corrected chi connectivity index (χ2v) is 5.51. The summed E-state index contributed by atoms with van der Waals surface area (Å²) in [4.78, 5) is 8.45. The van der Waals surface area contributed by atoms with E-state index in [2.05, 4.69) is 66.0 Å². The number of para-hydroxylation sites is 1. The second-order valence-electron chi connectivity index (χ2n) is 5.51. The van der Waals surface area contributed by atoms with E-state index in [1.54, 1.807) is 0 Å². The lowest BCUT2D eigenvalue weighted by molar-refractivity contribution is 0.169. The Bertz CT molecular complexity index is 500. The van der Waals surface area contributed by atoms with Gasteiger partial charge in [0.05, 0.1) is 0 Å². The molecule has 1 saturated heterocycles. The molecule has 0 spiro atoms. The van der Waals surface area contributed by atoms with Gasteiger partial charge in [-0.3, -0.25) is 4.90 Å². The maximum Gasteiger partial charge on any atom is 0.107 e. The number of nitrogens with zero attached hydrogens (tertiary/aromatic N) is 2. The Labute approximate surface area is 108 Å². The van der Waals surface area contributed by atoms with Crippen LogP contribution in [0.2, 0.25) is 0 Å². The minimum Gasteiger partial charge on any atom is -0.355 e. The molecule has 0 bridgehead atoms. The van der Waals surface area contributed by atoms with Gasteiger partial charge in [-0.05, 0) is 33.0 Å². The molecule has 0 saturated carbocycles. The number of fused-ring (bicyclic) bond motifs is 1. The van der Waals surface area contributed by atoms with E-state index in [-0.39, 0.29) is 0 Å². The third-order valence-electron chi connectivity index (χ3n) is 4.22. The Balaban J connectivity index is 1.90. The van der Waals surface area contributed by atoms with Gasteiger partial charge in [0, 0.05) is 36.1 Å². The summed E-state index contributed by atoms with van der Waals surface area (Å²) in [6.07, 6.45) is 0. The van der Waals surface area contributed by atoms with Crippen molar-refractivity contribution in [1.29, 1.82) is 0 Å². The summed E-state index contributed by atoms with van der Waals surface area (Å²) in [7, 11) is 2.22. The van der Waals surface area contributed by atoms with Gasteiger partial charge >= 0.3 is 0 Å². The molecule has 1 aromatic heterocycles. The number of likely N-dealkylation sites (N-methyl/N-ethyl adjacent to an activating group) is 1. The molecular formula is C15H21N3. The monoisotopic (exact) mass is 243 g/mol. The van der Waals surface area contributed by atoms with Crippen LogP contribution in [0.5, 0.6) is 0 Å². The van der Waals surface area contributed by atoms with Gasteiger partial charge < -0.3 is 9.88 Å². The highest BCUT2D eigenvalue weighted by Crippen LogP contribution is 2.25. The fraction of sp³-hybridized carbons (Fsp3) is 0.467. The molecule has 0 radical (unpaired) electrons. The average molecular weight is 243 g/mol. The molecule has 0 amide bonds. The maximum atomic E-state index is 3.53. The number of hydrogen-bond donors (Lipinski definition) is 1. The van der Waals surface area contributed by atoms with Crippen molar-refractivity contribution in [3.63, 3.8) is 0 Å². The average Bonchev–Trinajstić information content (AvgIpc) is 2.79. The molecule has 1 aromatic carbocycles. The van der Waals surface area contributed by atoms with E-state index in [1.807, 2.05) is 0 Å². The van der Waals surface area contributed by atoms with Gasteiger partial charge in [0.25, 0.3) is 0 Å². The molecule has 1 fully saturated rings. The molecule has 1 aliphatic heterocycles. The van der Waals surface area contributed by atoms with Crippen LogP contribution in [0.1, 0.15) is 13.8 Å². The first-order valence-electron chi connectivity index (χ1n) is 6.70. The van der Waals surface area contributed by atoms with Crippen molar-refractivity contribution in [2.45, 2.75) is 25.9 Å². The molecule has 3 heteroatoms. The predicted octanol–water partition coefficient (Wildman–Crippen LogP) is 2.70. The first kappa shape index (κ1) is 11.6. The largest absolute Gasteiger partial charge is 0.355 e. The zero-order valence-corrected chi connectivity index (χ0v) is 11.4. The molecular weight excluding hydrogens is 222 g/mol. The molecule has 2 unspecified atom stereocenters. The van der Waals surface area contributed by atoms with Crippen LogP contribution in [0.3, 0.4) is 0 Å². The molecule has 0 aliphatic carbocycles. The zero-order chi connectivity index (χ0) is 12.7. The third kappa shape index (κ3) is 1.89. The molecule has 2 aromatic rings. The normalized spacial score (nSPS) is 25.8. The molecule has 2 heterocycles. The highest BCUT2D eigenvalue weighted by atomic mass is 15.3. The number of benzene rings is 1. The Morgan fingerprint density at radius 2 is 1.78 bits per heavy atom. The van der Waals surface area contributed by atoms with Crippen LogP contribution in [-0.4, -0.2) is 42.1 Å². The lowest BCUT2D eigenvalue weighted by Crippen LogP contribution is -2.55. The van der Waals surface area contributed by atoms with Crippen LogP contribution >= 0.6 is 0 Å². The maximum absolute atomic E-state index is 3.53.